The Balaban J connectivity index is 2.34. The molecule has 0 spiro atoms. The molecular formula is C11H15Br2NO2S. The fourth-order valence-corrected chi connectivity index (χ4v) is 3.51. The van der Waals surface area contributed by atoms with E-state index < -0.39 is 0 Å². The van der Waals surface area contributed by atoms with E-state index in [9.17, 15) is 4.79 Å². The molecule has 0 bridgehead atoms. The van der Waals surface area contributed by atoms with Gasteiger partial charge in [-0.1, -0.05) is 0 Å². The summed E-state index contributed by atoms with van der Waals surface area (Å²) < 4.78 is 6.94. The summed E-state index contributed by atoms with van der Waals surface area (Å²) in [5, 5.41) is 0. The van der Waals surface area contributed by atoms with Crippen LogP contribution in [0.1, 0.15) is 37.1 Å². The number of hydrogen-bond acceptors (Lipinski definition) is 4. The second kappa shape index (κ2) is 7.51. The molecule has 0 aliphatic heterocycles. The molecule has 0 radical (unpaired) electrons. The number of carbonyl (C=O) groups is 1. The van der Waals surface area contributed by atoms with Gasteiger partial charge in [-0.25, -0.2) is 0 Å². The second-order valence-electron chi connectivity index (χ2n) is 3.57. The molecule has 6 heteroatoms. The molecule has 2 N–H and O–H groups in total. The van der Waals surface area contributed by atoms with Crippen LogP contribution in [0, 0.1) is 0 Å². The van der Waals surface area contributed by atoms with Gasteiger partial charge in [-0.05, 0) is 57.7 Å². The minimum Gasteiger partial charge on any atom is -0.466 e. The molecular weight excluding hydrogens is 370 g/mol. The van der Waals surface area contributed by atoms with Crippen LogP contribution in [0.25, 0.3) is 0 Å². The van der Waals surface area contributed by atoms with Crippen LogP contribution in [-0.2, 0) is 9.53 Å². The van der Waals surface area contributed by atoms with E-state index in [-0.39, 0.29) is 12.0 Å². The zero-order chi connectivity index (χ0) is 12.8. The van der Waals surface area contributed by atoms with Gasteiger partial charge in [0.1, 0.15) is 0 Å². The van der Waals surface area contributed by atoms with E-state index in [0.717, 1.165) is 26.0 Å². The molecule has 1 heterocycles. The highest BCUT2D eigenvalue weighted by atomic mass is 79.9. The molecule has 1 aromatic heterocycles. The molecule has 0 aromatic carbocycles. The molecule has 0 saturated heterocycles. The van der Waals surface area contributed by atoms with Gasteiger partial charge in [-0.2, -0.15) is 0 Å². The molecule has 1 aromatic rings. The van der Waals surface area contributed by atoms with Crippen molar-refractivity contribution in [3.63, 3.8) is 0 Å². The average molecular weight is 385 g/mol. The first kappa shape index (κ1) is 15.1. The molecule has 1 rings (SSSR count). The second-order valence-corrected chi connectivity index (χ2v) is 6.83. The van der Waals surface area contributed by atoms with Crippen LogP contribution in [0.2, 0.25) is 0 Å². The van der Waals surface area contributed by atoms with Crippen molar-refractivity contribution < 1.29 is 9.53 Å². The Morgan fingerprint density at radius 1 is 1.59 bits per heavy atom. The first-order chi connectivity index (χ1) is 8.04. The summed E-state index contributed by atoms with van der Waals surface area (Å²) in [7, 11) is 0. The number of nitrogens with two attached hydrogens (primary N) is 1. The van der Waals surface area contributed by atoms with Crippen molar-refractivity contribution in [2.75, 3.05) is 6.61 Å². The third kappa shape index (κ3) is 5.07. The fraction of sp³-hybridized carbons (Fsp3) is 0.545. The minimum absolute atomic E-state index is 0.0166. The van der Waals surface area contributed by atoms with Crippen LogP contribution in [0.15, 0.2) is 14.3 Å². The lowest BCUT2D eigenvalue weighted by Gasteiger charge is -2.08. The molecule has 96 valence electrons. The molecule has 0 aliphatic carbocycles. The lowest BCUT2D eigenvalue weighted by molar-refractivity contribution is -0.143. The number of esters is 1. The minimum atomic E-state index is -0.145. The summed E-state index contributed by atoms with van der Waals surface area (Å²) in [5.41, 5.74) is 6.05. The Morgan fingerprint density at radius 3 is 2.82 bits per heavy atom. The van der Waals surface area contributed by atoms with Gasteiger partial charge in [0.2, 0.25) is 0 Å². The van der Waals surface area contributed by atoms with Crippen LogP contribution in [-0.4, -0.2) is 12.6 Å². The van der Waals surface area contributed by atoms with Crippen LogP contribution < -0.4 is 5.73 Å². The maximum Gasteiger partial charge on any atom is 0.305 e. The van der Waals surface area contributed by atoms with Gasteiger partial charge in [0.05, 0.1) is 10.4 Å². The summed E-state index contributed by atoms with van der Waals surface area (Å²) in [6.45, 7) is 2.25. The Hall–Kier alpha value is 0.0900. The van der Waals surface area contributed by atoms with E-state index in [1.807, 2.05) is 13.0 Å². The summed E-state index contributed by atoms with van der Waals surface area (Å²) in [6.07, 6.45) is 1.99. The van der Waals surface area contributed by atoms with Crippen molar-refractivity contribution in [3.8, 4) is 0 Å². The lowest BCUT2D eigenvalue weighted by atomic mass is 10.1. The molecule has 17 heavy (non-hydrogen) atoms. The first-order valence-electron chi connectivity index (χ1n) is 5.40. The maximum absolute atomic E-state index is 11.1. The van der Waals surface area contributed by atoms with Gasteiger partial charge >= 0.3 is 5.97 Å². The third-order valence-corrected chi connectivity index (χ3v) is 5.62. The highest BCUT2D eigenvalue weighted by Crippen LogP contribution is 2.35. The van der Waals surface area contributed by atoms with E-state index in [4.69, 9.17) is 10.5 Å². The monoisotopic (exact) mass is 383 g/mol. The maximum atomic E-state index is 11.1. The molecule has 3 nitrogen and oxygen atoms in total. The standard InChI is InChI=1S/C11H15Br2NO2S/c1-2-16-10(15)5-3-4-8(14)9-6-7(12)11(13)17-9/h6,8H,2-5,14H2,1H3. The zero-order valence-electron chi connectivity index (χ0n) is 9.54. The summed E-state index contributed by atoms with van der Waals surface area (Å²) in [5.74, 6) is -0.145. The molecule has 0 saturated carbocycles. The van der Waals surface area contributed by atoms with Gasteiger partial charge in [-0.3, -0.25) is 4.79 Å². The normalized spacial score (nSPS) is 12.5. The van der Waals surface area contributed by atoms with E-state index in [1.54, 1.807) is 11.3 Å². The average Bonchev–Trinajstić information content (AvgIpc) is 2.59. The zero-order valence-corrected chi connectivity index (χ0v) is 13.5. The lowest BCUT2D eigenvalue weighted by Crippen LogP contribution is -2.10. The summed E-state index contributed by atoms with van der Waals surface area (Å²) >= 11 is 8.49. The van der Waals surface area contributed by atoms with Crippen molar-refractivity contribution >= 4 is 49.2 Å². The molecule has 0 fully saturated rings. The Kier molecular flexibility index (Phi) is 6.69. The van der Waals surface area contributed by atoms with Gasteiger partial charge < -0.3 is 10.5 Å². The highest BCUT2D eigenvalue weighted by molar-refractivity contribution is 9.13. The smallest absolute Gasteiger partial charge is 0.305 e. The SMILES string of the molecule is CCOC(=O)CCCC(N)c1cc(Br)c(Br)s1. The van der Waals surface area contributed by atoms with Crippen molar-refractivity contribution in [2.45, 2.75) is 32.2 Å². The van der Waals surface area contributed by atoms with Crippen molar-refractivity contribution in [2.24, 2.45) is 5.73 Å². The number of halogens is 2. The number of rotatable bonds is 6. The number of ether oxygens (including phenoxy) is 1. The van der Waals surface area contributed by atoms with Gasteiger partial charge in [0.15, 0.2) is 0 Å². The topological polar surface area (TPSA) is 52.3 Å². The van der Waals surface area contributed by atoms with Crippen LogP contribution in [0.4, 0.5) is 0 Å². The van der Waals surface area contributed by atoms with E-state index in [1.165, 1.54) is 0 Å². The number of carbonyl (C=O) groups excluding carboxylic acids is 1. The molecule has 0 amide bonds. The third-order valence-electron chi connectivity index (χ3n) is 2.23. The summed E-state index contributed by atoms with van der Waals surface area (Å²) in [4.78, 5) is 12.3. The van der Waals surface area contributed by atoms with Crippen LogP contribution in [0.3, 0.4) is 0 Å². The largest absolute Gasteiger partial charge is 0.466 e. The van der Waals surface area contributed by atoms with E-state index in [0.29, 0.717) is 13.0 Å². The predicted octanol–water partition coefficient (Wildman–Crippen LogP) is 4.01. The Bertz CT molecular complexity index is 362. The van der Waals surface area contributed by atoms with E-state index in [2.05, 4.69) is 31.9 Å². The van der Waals surface area contributed by atoms with Crippen LogP contribution in [0.5, 0.6) is 0 Å². The first-order valence-corrected chi connectivity index (χ1v) is 7.80. The Labute approximate surface area is 122 Å². The van der Waals surface area contributed by atoms with Gasteiger partial charge in [-0.15, -0.1) is 11.3 Å². The van der Waals surface area contributed by atoms with Crippen LogP contribution >= 0.6 is 43.2 Å². The molecule has 1 unspecified atom stereocenters. The van der Waals surface area contributed by atoms with Gasteiger partial charge in [0.25, 0.3) is 0 Å². The Morgan fingerprint density at radius 2 is 2.29 bits per heavy atom. The predicted molar refractivity (Wildman–Crippen MR) is 77.1 cm³/mol. The highest BCUT2D eigenvalue weighted by Gasteiger charge is 2.12. The molecule has 0 aliphatic rings. The quantitative estimate of drug-likeness (QED) is 0.754. The van der Waals surface area contributed by atoms with Gasteiger partial charge in [0, 0.05) is 21.8 Å². The number of hydrogen-bond donors (Lipinski definition) is 1. The van der Waals surface area contributed by atoms with Crippen molar-refractivity contribution in [1.29, 1.82) is 0 Å². The fourth-order valence-electron chi connectivity index (χ4n) is 1.39. The number of thiophene rings is 1. The van der Waals surface area contributed by atoms with E-state index >= 15 is 0 Å². The summed E-state index contributed by atoms with van der Waals surface area (Å²) in [6, 6.07) is 2.00. The van der Waals surface area contributed by atoms with Crippen molar-refractivity contribution in [1.82, 2.24) is 0 Å². The van der Waals surface area contributed by atoms with Crippen molar-refractivity contribution in [3.05, 3.63) is 19.2 Å². The molecule has 1 atom stereocenters.